The zero-order valence-electron chi connectivity index (χ0n) is 13.8. The van der Waals surface area contributed by atoms with Crippen LogP contribution >= 0.6 is 11.8 Å². The van der Waals surface area contributed by atoms with E-state index in [1.165, 1.54) is 11.0 Å². The Balaban J connectivity index is 2.03. The molecule has 25 heavy (non-hydrogen) atoms. The fourth-order valence-corrected chi connectivity index (χ4v) is 5.29. The highest BCUT2D eigenvalue weighted by Gasteiger charge is 2.35. The van der Waals surface area contributed by atoms with E-state index in [2.05, 4.69) is 4.98 Å². The highest BCUT2D eigenvalue weighted by atomic mass is 32.2. The largest absolute Gasteiger partial charge is 0.417 e. The molecule has 1 aromatic rings. The lowest BCUT2D eigenvalue weighted by Crippen LogP contribution is -2.44. The van der Waals surface area contributed by atoms with Gasteiger partial charge in [-0.3, -0.25) is 4.79 Å². The van der Waals surface area contributed by atoms with E-state index in [9.17, 15) is 26.4 Å². The molecule has 1 aliphatic heterocycles. The quantitative estimate of drug-likeness (QED) is 0.716. The number of halogens is 3. The molecule has 1 aromatic heterocycles. The van der Waals surface area contributed by atoms with Crippen molar-refractivity contribution in [2.24, 2.45) is 0 Å². The predicted molar refractivity (Wildman–Crippen MR) is 89.0 cm³/mol. The number of hydrogen-bond acceptors (Lipinski definition) is 5. The second kappa shape index (κ2) is 7.53. The number of aromatic nitrogens is 1. The minimum Gasteiger partial charge on any atom is -0.338 e. The van der Waals surface area contributed by atoms with Gasteiger partial charge in [0.2, 0.25) is 5.91 Å². The monoisotopic (exact) mass is 396 g/mol. The number of alkyl halides is 3. The number of hydrogen-bond donors (Lipinski definition) is 0. The van der Waals surface area contributed by atoms with Gasteiger partial charge in [0.1, 0.15) is 0 Å². The van der Waals surface area contributed by atoms with Gasteiger partial charge in [0.05, 0.1) is 27.3 Å². The fourth-order valence-electron chi connectivity index (χ4n) is 2.70. The van der Waals surface area contributed by atoms with E-state index >= 15 is 0 Å². The van der Waals surface area contributed by atoms with Crippen LogP contribution in [-0.4, -0.2) is 53.6 Å². The van der Waals surface area contributed by atoms with Gasteiger partial charge in [0.15, 0.2) is 9.84 Å². The van der Waals surface area contributed by atoms with Crippen LogP contribution in [0.2, 0.25) is 0 Å². The van der Waals surface area contributed by atoms with Gasteiger partial charge in [-0.1, -0.05) is 11.8 Å². The molecule has 0 radical (unpaired) electrons. The van der Waals surface area contributed by atoms with Gasteiger partial charge in [0, 0.05) is 18.8 Å². The number of nitrogens with zero attached hydrogens (tertiary/aromatic N) is 2. The third kappa shape index (κ3) is 5.10. The highest BCUT2D eigenvalue weighted by molar-refractivity contribution is 8.00. The molecule has 1 amide bonds. The van der Waals surface area contributed by atoms with Crippen LogP contribution in [0.5, 0.6) is 0 Å². The molecule has 0 bridgehead atoms. The van der Waals surface area contributed by atoms with Crippen molar-refractivity contribution in [1.29, 1.82) is 0 Å². The molecule has 0 N–H and O–H groups in total. The van der Waals surface area contributed by atoms with Crippen LogP contribution in [0.15, 0.2) is 23.4 Å². The maximum Gasteiger partial charge on any atom is 0.417 e. The van der Waals surface area contributed by atoms with E-state index in [1.807, 2.05) is 0 Å². The molecule has 10 heteroatoms. The lowest BCUT2D eigenvalue weighted by Gasteiger charge is -2.29. The Kier molecular flexibility index (Phi) is 6.03. The minimum atomic E-state index is -4.45. The SMILES string of the molecule is CCN(C(=O)C(C)Sc1ccc(C(F)(F)F)cn1)C1CCS(=O)(=O)C1. The van der Waals surface area contributed by atoms with Crippen LogP contribution in [0.4, 0.5) is 13.2 Å². The molecule has 1 saturated heterocycles. The standard InChI is InChI=1S/C15H19F3N2O3S2/c1-3-20(12-6-7-25(22,23)9-12)14(21)10(2)24-13-5-4-11(8-19-13)15(16,17)18/h4-5,8,10,12H,3,6-7,9H2,1-2H3. The lowest BCUT2D eigenvalue weighted by molar-refractivity contribution is -0.138. The Hall–Kier alpha value is -1.29. The highest BCUT2D eigenvalue weighted by Crippen LogP contribution is 2.31. The number of pyridine rings is 1. The number of carbonyl (C=O) groups excluding carboxylic acids is 1. The number of thioether (sulfide) groups is 1. The molecule has 140 valence electrons. The van der Waals surface area contributed by atoms with Gasteiger partial charge in [-0.25, -0.2) is 13.4 Å². The van der Waals surface area contributed by atoms with Crippen LogP contribution in [0.1, 0.15) is 25.8 Å². The van der Waals surface area contributed by atoms with Crippen molar-refractivity contribution in [2.75, 3.05) is 18.1 Å². The number of sulfone groups is 1. The van der Waals surface area contributed by atoms with Crippen LogP contribution < -0.4 is 0 Å². The predicted octanol–water partition coefficient (Wildman–Crippen LogP) is 2.62. The zero-order chi connectivity index (χ0) is 18.8. The van der Waals surface area contributed by atoms with E-state index in [0.29, 0.717) is 18.0 Å². The van der Waals surface area contributed by atoms with Gasteiger partial charge in [-0.15, -0.1) is 0 Å². The normalized spacial score (nSPS) is 21.1. The summed E-state index contributed by atoms with van der Waals surface area (Å²) >= 11 is 1.05. The molecule has 0 aromatic carbocycles. The molecule has 2 atom stereocenters. The molecule has 0 aliphatic carbocycles. The number of amides is 1. The second-order valence-electron chi connectivity index (χ2n) is 5.82. The Morgan fingerprint density at radius 2 is 2.12 bits per heavy atom. The summed E-state index contributed by atoms with van der Waals surface area (Å²) in [4.78, 5) is 17.9. The zero-order valence-corrected chi connectivity index (χ0v) is 15.4. The summed E-state index contributed by atoms with van der Waals surface area (Å²) in [5.41, 5.74) is -0.845. The van der Waals surface area contributed by atoms with Crippen molar-refractivity contribution >= 4 is 27.5 Å². The third-order valence-corrected chi connectivity index (χ3v) is 6.77. The molecular formula is C15H19F3N2O3S2. The summed E-state index contributed by atoms with van der Waals surface area (Å²) in [6.07, 6.45) is -3.30. The van der Waals surface area contributed by atoms with Gasteiger partial charge in [-0.05, 0) is 32.4 Å². The first-order chi connectivity index (χ1) is 11.5. The Labute approximate surface area is 148 Å². The van der Waals surface area contributed by atoms with Crippen LogP contribution in [0.25, 0.3) is 0 Å². The molecular weight excluding hydrogens is 377 g/mol. The molecule has 5 nitrogen and oxygen atoms in total. The van der Waals surface area contributed by atoms with E-state index < -0.39 is 26.8 Å². The van der Waals surface area contributed by atoms with E-state index in [4.69, 9.17) is 0 Å². The summed E-state index contributed by atoms with van der Waals surface area (Å²) in [6, 6.07) is 1.81. The van der Waals surface area contributed by atoms with Gasteiger partial charge < -0.3 is 4.90 Å². The summed E-state index contributed by atoms with van der Waals surface area (Å²) in [5, 5.41) is -0.267. The first-order valence-corrected chi connectivity index (χ1v) is 10.4. The number of rotatable bonds is 5. The van der Waals surface area contributed by atoms with Gasteiger partial charge >= 0.3 is 6.18 Å². The second-order valence-corrected chi connectivity index (χ2v) is 9.41. The molecule has 0 saturated carbocycles. The van der Waals surface area contributed by atoms with Crippen LogP contribution in [0.3, 0.4) is 0 Å². The smallest absolute Gasteiger partial charge is 0.338 e. The Morgan fingerprint density at radius 3 is 2.56 bits per heavy atom. The third-order valence-electron chi connectivity index (χ3n) is 3.98. The van der Waals surface area contributed by atoms with Crippen molar-refractivity contribution < 1.29 is 26.4 Å². The molecule has 0 spiro atoms. The maximum atomic E-state index is 12.6. The topological polar surface area (TPSA) is 67.3 Å². The summed E-state index contributed by atoms with van der Waals surface area (Å²) < 4.78 is 60.8. The van der Waals surface area contributed by atoms with Crippen LogP contribution in [-0.2, 0) is 20.8 Å². The first-order valence-electron chi connectivity index (χ1n) is 7.74. The lowest BCUT2D eigenvalue weighted by atomic mass is 10.2. The first kappa shape index (κ1) is 20.0. The molecule has 1 fully saturated rings. The van der Waals surface area contributed by atoms with Crippen LogP contribution in [0, 0.1) is 0 Å². The minimum absolute atomic E-state index is 0.0392. The Bertz CT molecular complexity index is 721. The van der Waals surface area contributed by atoms with Gasteiger partial charge in [-0.2, -0.15) is 13.2 Å². The summed E-state index contributed by atoms with van der Waals surface area (Å²) in [7, 11) is -3.11. The number of carbonyl (C=O) groups is 1. The maximum absolute atomic E-state index is 12.6. The van der Waals surface area contributed by atoms with Gasteiger partial charge in [0.25, 0.3) is 0 Å². The molecule has 1 aliphatic rings. The molecule has 2 heterocycles. The van der Waals surface area contributed by atoms with E-state index in [1.54, 1.807) is 13.8 Å². The molecule has 2 unspecified atom stereocenters. The van der Waals surface area contributed by atoms with E-state index in [0.717, 1.165) is 24.0 Å². The van der Waals surface area contributed by atoms with Crippen molar-refractivity contribution in [1.82, 2.24) is 9.88 Å². The summed E-state index contributed by atoms with van der Waals surface area (Å²) in [6.45, 7) is 3.79. The summed E-state index contributed by atoms with van der Waals surface area (Å²) in [5.74, 6) is -0.206. The fraction of sp³-hybridized carbons (Fsp3) is 0.600. The van der Waals surface area contributed by atoms with Crippen molar-refractivity contribution in [3.05, 3.63) is 23.9 Å². The van der Waals surface area contributed by atoms with Crippen molar-refractivity contribution in [3.63, 3.8) is 0 Å². The van der Waals surface area contributed by atoms with Crippen molar-refractivity contribution in [2.45, 2.75) is 42.8 Å². The van der Waals surface area contributed by atoms with Crippen molar-refractivity contribution in [3.8, 4) is 0 Å². The van der Waals surface area contributed by atoms with E-state index in [-0.39, 0.29) is 23.5 Å². The average Bonchev–Trinajstić information content (AvgIpc) is 2.87. The average molecular weight is 396 g/mol. The molecule has 2 rings (SSSR count). The Morgan fingerprint density at radius 1 is 1.44 bits per heavy atom.